The lowest BCUT2D eigenvalue weighted by Crippen LogP contribution is -2.58. The molecule has 0 radical (unpaired) electrons. The van der Waals surface area contributed by atoms with Crippen LogP contribution in [0, 0.1) is 5.92 Å². The predicted molar refractivity (Wildman–Crippen MR) is 134 cm³/mol. The van der Waals surface area contributed by atoms with Gasteiger partial charge in [0.15, 0.2) is 0 Å². The van der Waals surface area contributed by atoms with Gasteiger partial charge in [-0.05, 0) is 54.5 Å². The number of benzene rings is 1. The Morgan fingerprint density at radius 1 is 1.06 bits per heavy atom. The molecular formula is C27H38N4O3. The van der Waals surface area contributed by atoms with Gasteiger partial charge in [0, 0.05) is 38.9 Å². The summed E-state index contributed by atoms with van der Waals surface area (Å²) in [6.45, 7) is 7.45. The molecule has 2 aromatic rings. The van der Waals surface area contributed by atoms with Crippen LogP contribution in [0.1, 0.15) is 56.8 Å². The number of nitrogens with zero attached hydrogens (tertiary/aromatic N) is 3. The molecule has 1 aliphatic carbocycles. The molecule has 1 N–H and O–H groups in total. The van der Waals surface area contributed by atoms with Crippen molar-refractivity contribution in [3.63, 3.8) is 0 Å². The van der Waals surface area contributed by atoms with Crippen LogP contribution in [0.4, 0.5) is 10.5 Å². The monoisotopic (exact) mass is 466 g/mol. The van der Waals surface area contributed by atoms with Gasteiger partial charge in [-0.15, -0.1) is 0 Å². The summed E-state index contributed by atoms with van der Waals surface area (Å²) in [5.74, 6) is 1.80. The first kappa shape index (κ1) is 24.3. The SMILES string of the molecule is CC(C)c1ccc(NC(=O)N2CCN([C@H](C(=O)N(C)Cc3ccco3)C3CCCC3)CC2)cc1. The van der Waals surface area contributed by atoms with Crippen molar-refractivity contribution < 1.29 is 14.0 Å². The number of carbonyl (C=O) groups is 2. The summed E-state index contributed by atoms with van der Waals surface area (Å²) in [7, 11) is 1.86. The maximum atomic E-state index is 13.5. The fraction of sp³-hybridized carbons (Fsp3) is 0.556. The molecular weight excluding hydrogens is 428 g/mol. The molecule has 2 fully saturated rings. The second-order valence-electron chi connectivity index (χ2n) is 9.99. The van der Waals surface area contributed by atoms with Crippen LogP contribution in [0.15, 0.2) is 47.1 Å². The zero-order valence-electron chi connectivity index (χ0n) is 20.7. The standard InChI is InChI=1S/C27H38N4O3/c1-20(2)21-10-12-23(13-11-21)28-27(33)31-16-14-30(15-17-31)25(22-7-4-5-8-22)26(32)29(3)19-24-9-6-18-34-24/h6,9-13,18,20,22,25H,4-5,7-8,14-17,19H2,1-3H3,(H,28,33)/t25-/m0/s1. The van der Waals surface area contributed by atoms with E-state index in [2.05, 4.69) is 36.2 Å². The average Bonchev–Trinajstić information content (AvgIpc) is 3.55. The number of hydrogen-bond donors (Lipinski definition) is 1. The van der Waals surface area contributed by atoms with E-state index in [1.807, 2.05) is 36.2 Å². The number of urea groups is 1. The van der Waals surface area contributed by atoms with Gasteiger partial charge in [-0.3, -0.25) is 9.69 Å². The van der Waals surface area contributed by atoms with Gasteiger partial charge in [0.25, 0.3) is 0 Å². The Kier molecular flexibility index (Phi) is 7.93. The highest BCUT2D eigenvalue weighted by molar-refractivity contribution is 5.89. The second-order valence-corrected chi connectivity index (χ2v) is 9.99. The smallest absolute Gasteiger partial charge is 0.321 e. The van der Waals surface area contributed by atoms with Crippen LogP contribution in [0.2, 0.25) is 0 Å². The summed E-state index contributed by atoms with van der Waals surface area (Å²) in [4.78, 5) is 32.3. The van der Waals surface area contributed by atoms with Crippen molar-refractivity contribution in [3.05, 3.63) is 54.0 Å². The number of amides is 3. The highest BCUT2D eigenvalue weighted by Crippen LogP contribution is 2.32. The minimum Gasteiger partial charge on any atom is -0.467 e. The third-order valence-corrected chi connectivity index (χ3v) is 7.27. The molecule has 0 spiro atoms. The van der Waals surface area contributed by atoms with E-state index in [4.69, 9.17) is 4.42 Å². The normalized spacial score (nSPS) is 18.3. The van der Waals surface area contributed by atoms with Gasteiger partial charge in [-0.25, -0.2) is 4.79 Å². The fourth-order valence-electron chi connectivity index (χ4n) is 5.23. The number of likely N-dealkylation sites (N-methyl/N-ethyl adjacent to an activating group) is 1. The van der Waals surface area contributed by atoms with E-state index in [9.17, 15) is 9.59 Å². The molecule has 0 unspecified atom stereocenters. The lowest BCUT2D eigenvalue weighted by Gasteiger charge is -2.41. The molecule has 1 saturated carbocycles. The molecule has 1 aromatic heterocycles. The molecule has 0 bridgehead atoms. The van der Waals surface area contributed by atoms with Crippen LogP contribution >= 0.6 is 0 Å². The van der Waals surface area contributed by atoms with Crippen LogP contribution < -0.4 is 5.32 Å². The summed E-state index contributed by atoms with van der Waals surface area (Å²) in [6, 6.07) is 11.6. The molecule has 1 aliphatic heterocycles. The van der Waals surface area contributed by atoms with Gasteiger partial charge in [0.05, 0.1) is 18.8 Å². The number of carbonyl (C=O) groups excluding carboxylic acids is 2. The summed E-state index contributed by atoms with van der Waals surface area (Å²) < 4.78 is 5.45. The first-order chi connectivity index (χ1) is 16.4. The maximum Gasteiger partial charge on any atom is 0.321 e. The van der Waals surface area contributed by atoms with E-state index in [1.165, 1.54) is 18.4 Å². The van der Waals surface area contributed by atoms with Gasteiger partial charge in [-0.2, -0.15) is 0 Å². The van der Waals surface area contributed by atoms with E-state index in [-0.39, 0.29) is 18.0 Å². The molecule has 2 aliphatic rings. The molecule has 1 aromatic carbocycles. The van der Waals surface area contributed by atoms with Gasteiger partial charge in [-0.1, -0.05) is 38.8 Å². The van der Waals surface area contributed by atoms with Crippen molar-refractivity contribution >= 4 is 17.6 Å². The second kappa shape index (κ2) is 11.1. The maximum absolute atomic E-state index is 13.5. The van der Waals surface area contributed by atoms with Gasteiger partial charge >= 0.3 is 6.03 Å². The molecule has 3 amide bonds. The number of hydrogen-bond acceptors (Lipinski definition) is 4. The Morgan fingerprint density at radius 3 is 2.32 bits per heavy atom. The van der Waals surface area contributed by atoms with E-state index >= 15 is 0 Å². The van der Waals surface area contributed by atoms with Gasteiger partial charge in [0.2, 0.25) is 5.91 Å². The van der Waals surface area contributed by atoms with Crippen LogP contribution in [0.25, 0.3) is 0 Å². The highest BCUT2D eigenvalue weighted by atomic mass is 16.3. The summed E-state index contributed by atoms with van der Waals surface area (Å²) in [6.07, 6.45) is 6.21. The molecule has 7 nitrogen and oxygen atoms in total. The van der Waals surface area contributed by atoms with Crippen molar-refractivity contribution in [2.24, 2.45) is 5.92 Å². The summed E-state index contributed by atoms with van der Waals surface area (Å²) >= 11 is 0. The zero-order chi connectivity index (χ0) is 24.1. The molecule has 7 heteroatoms. The van der Waals surface area contributed by atoms with Gasteiger partial charge < -0.3 is 19.5 Å². The zero-order valence-corrected chi connectivity index (χ0v) is 20.7. The third-order valence-electron chi connectivity index (χ3n) is 7.27. The number of anilines is 1. The van der Waals surface area contributed by atoms with Crippen LogP contribution in [0.5, 0.6) is 0 Å². The Morgan fingerprint density at radius 2 is 1.74 bits per heavy atom. The Labute approximate surface area is 203 Å². The van der Waals surface area contributed by atoms with Crippen molar-refractivity contribution in [1.82, 2.24) is 14.7 Å². The number of nitrogens with one attached hydrogen (secondary N) is 1. The molecule has 34 heavy (non-hydrogen) atoms. The van der Waals surface area contributed by atoms with Gasteiger partial charge in [0.1, 0.15) is 5.76 Å². The number of rotatable bonds is 7. The van der Waals surface area contributed by atoms with Crippen LogP contribution in [-0.4, -0.2) is 65.9 Å². The quantitative estimate of drug-likeness (QED) is 0.638. The topological polar surface area (TPSA) is 69.0 Å². The van der Waals surface area contributed by atoms with Crippen molar-refractivity contribution in [1.29, 1.82) is 0 Å². The summed E-state index contributed by atoms with van der Waals surface area (Å²) in [5.41, 5.74) is 2.07. The first-order valence-electron chi connectivity index (χ1n) is 12.6. The number of furan rings is 1. The molecule has 1 saturated heterocycles. The molecule has 1 atom stereocenters. The predicted octanol–water partition coefficient (Wildman–Crippen LogP) is 4.77. The van der Waals surface area contributed by atoms with Crippen LogP contribution in [0.3, 0.4) is 0 Å². The highest BCUT2D eigenvalue weighted by Gasteiger charge is 2.38. The minimum absolute atomic E-state index is 0.0735. The molecule has 2 heterocycles. The Bertz CT molecular complexity index is 927. The van der Waals surface area contributed by atoms with Crippen LogP contribution in [-0.2, 0) is 11.3 Å². The Hall–Kier alpha value is -2.80. The van der Waals surface area contributed by atoms with E-state index in [0.29, 0.717) is 44.6 Å². The minimum atomic E-state index is -0.128. The average molecular weight is 467 g/mol. The first-order valence-corrected chi connectivity index (χ1v) is 12.6. The third kappa shape index (κ3) is 5.81. The lowest BCUT2D eigenvalue weighted by molar-refractivity contribution is -0.139. The van der Waals surface area contributed by atoms with Crippen molar-refractivity contribution in [2.75, 3.05) is 38.5 Å². The number of piperazine rings is 1. The Balaban J connectivity index is 1.35. The van der Waals surface area contributed by atoms with E-state index < -0.39 is 0 Å². The molecule has 184 valence electrons. The largest absolute Gasteiger partial charge is 0.467 e. The molecule has 4 rings (SSSR count). The fourth-order valence-corrected chi connectivity index (χ4v) is 5.23. The van der Waals surface area contributed by atoms with E-state index in [0.717, 1.165) is 24.3 Å². The lowest BCUT2D eigenvalue weighted by atomic mass is 9.94. The van der Waals surface area contributed by atoms with Crippen molar-refractivity contribution in [3.8, 4) is 0 Å². The van der Waals surface area contributed by atoms with Crippen molar-refractivity contribution in [2.45, 2.75) is 58.0 Å². The van der Waals surface area contributed by atoms with E-state index in [1.54, 1.807) is 11.2 Å². The summed E-state index contributed by atoms with van der Waals surface area (Å²) in [5, 5.41) is 3.03.